The number of anilines is 1. The van der Waals surface area contributed by atoms with Gasteiger partial charge < -0.3 is 10.5 Å². The molecule has 19 heavy (non-hydrogen) atoms. The Bertz CT molecular complexity index is 469. The molecule has 1 rings (SSSR count). The fourth-order valence-corrected chi connectivity index (χ4v) is 1.34. The van der Waals surface area contributed by atoms with Gasteiger partial charge in [0.1, 0.15) is 12.4 Å². The highest BCUT2D eigenvalue weighted by Crippen LogP contribution is 2.30. The smallest absolute Gasteiger partial charge is 0.408 e. The molecule has 2 N–H and O–H groups in total. The van der Waals surface area contributed by atoms with Crippen molar-refractivity contribution in [2.24, 2.45) is 0 Å². The molecule has 10 heteroatoms. The lowest BCUT2D eigenvalue weighted by Crippen LogP contribution is -2.20. The van der Waals surface area contributed by atoms with Gasteiger partial charge in [0.2, 0.25) is 0 Å². The van der Waals surface area contributed by atoms with E-state index in [9.17, 15) is 26.7 Å². The molecule has 0 saturated heterocycles. The Morgan fingerprint density at radius 3 is 2.47 bits per heavy atom. The Morgan fingerprint density at radius 1 is 1.47 bits per heavy atom. The van der Waals surface area contributed by atoms with Crippen LogP contribution in [0.3, 0.4) is 0 Å². The lowest BCUT2D eigenvalue weighted by Gasteiger charge is -2.07. The third kappa shape index (κ3) is 3.55. The number of hydrogen-bond donors (Lipinski definition) is 1. The van der Waals surface area contributed by atoms with Crippen LogP contribution in [-0.2, 0) is 11.3 Å². The predicted octanol–water partition coefficient (Wildman–Crippen LogP) is 2.14. The van der Waals surface area contributed by atoms with Gasteiger partial charge in [-0.3, -0.25) is 0 Å². The molecular formula is C9H10F5N3O2. The van der Waals surface area contributed by atoms with Crippen molar-refractivity contribution in [2.45, 2.75) is 26.1 Å². The molecule has 0 aromatic carbocycles. The first-order chi connectivity index (χ1) is 8.67. The molecule has 0 saturated carbocycles. The van der Waals surface area contributed by atoms with Crippen LogP contribution in [-0.4, -0.2) is 28.5 Å². The number of carbonyl (C=O) groups is 1. The average molecular weight is 287 g/mol. The average Bonchev–Trinajstić information content (AvgIpc) is 2.54. The minimum absolute atomic E-state index is 0.105. The number of nitrogen functional groups attached to an aromatic ring is 1. The molecule has 0 bridgehead atoms. The number of esters is 1. The Balaban J connectivity index is 3.23. The van der Waals surface area contributed by atoms with Crippen molar-refractivity contribution in [3.63, 3.8) is 0 Å². The van der Waals surface area contributed by atoms with Crippen molar-refractivity contribution in [1.82, 2.24) is 9.78 Å². The van der Waals surface area contributed by atoms with Crippen LogP contribution in [0.1, 0.15) is 29.4 Å². The molecule has 0 atom stereocenters. The van der Waals surface area contributed by atoms with Gasteiger partial charge >= 0.3 is 12.1 Å². The Kier molecular flexibility index (Phi) is 4.32. The third-order valence-electron chi connectivity index (χ3n) is 2.05. The number of rotatable bonds is 4. The second-order valence-electron chi connectivity index (χ2n) is 3.44. The molecule has 0 aliphatic rings. The van der Waals surface area contributed by atoms with Crippen molar-refractivity contribution < 1.29 is 31.5 Å². The van der Waals surface area contributed by atoms with E-state index in [1.54, 1.807) is 0 Å². The van der Waals surface area contributed by atoms with Crippen molar-refractivity contribution in [3.8, 4) is 0 Å². The zero-order chi connectivity index (χ0) is 14.8. The van der Waals surface area contributed by atoms with E-state index in [1.807, 2.05) is 0 Å². The molecule has 0 aliphatic heterocycles. The summed E-state index contributed by atoms with van der Waals surface area (Å²) in [6, 6.07) is 0. The summed E-state index contributed by atoms with van der Waals surface area (Å²) in [6.45, 7) is -0.387. The summed E-state index contributed by atoms with van der Waals surface area (Å²) in [5, 5.41) is 3.15. The highest BCUT2D eigenvalue weighted by Gasteiger charge is 2.34. The van der Waals surface area contributed by atoms with Crippen LogP contribution in [0.4, 0.5) is 27.8 Å². The number of hydrogen-bond acceptors (Lipinski definition) is 4. The highest BCUT2D eigenvalue weighted by molar-refractivity contribution is 5.90. The molecule has 1 heterocycles. The number of nitrogens with two attached hydrogens (primary N) is 1. The van der Waals surface area contributed by atoms with Crippen LogP contribution < -0.4 is 5.73 Å². The minimum Gasteiger partial charge on any atom is -0.461 e. The van der Waals surface area contributed by atoms with Gasteiger partial charge in [0.05, 0.1) is 12.2 Å². The van der Waals surface area contributed by atoms with E-state index in [4.69, 9.17) is 5.73 Å². The molecule has 1 aromatic rings. The van der Waals surface area contributed by atoms with Crippen LogP contribution in [0.2, 0.25) is 0 Å². The molecule has 0 aliphatic carbocycles. The first-order valence-corrected chi connectivity index (χ1v) is 5.05. The lowest BCUT2D eigenvalue weighted by molar-refractivity contribution is -0.142. The standard InChI is InChI=1S/C9H10F5N3O2/c1-2-19-8(18)5-4(6(10)11)7(15)17(16-5)3-9(12,13)14/h6H,2-3,15H2,1H3. The summed E-state index contributed by atoms with van der Waals surface area (Å²) < 4.78 is 66.5. The maximum atomic E-state index is 12.7. The van der Waals surface area contributed by atoms with Crippen molar-refractivity contribution in [1.29, 1.82) is 0 Å². The summed E-state index contributed by atoms with van der Waals surface area (Å²) in [4.78, 5) is 11.3. The summed E-state index contributed by atoms with van der Waals surface area (Å²) in [6.07, 6.45) is -7.94. The molecular weight excluding hydrogens is 277 g/mol. The van der Waals surface area contributed by atoms with Gasteiger partial charge in [-0.25, -0.2) is 18.3 Å². The Hall–Kier alpha value is -1.87. The Labute approximate surface area is 104 Å². The second kappa shape index (κ2) is 5.41. The van der Waals surface area contributed by atoms with Crippen molar-refractivity contribution in [3.05, 3.63) is 11.3 Å². The highest BCUT2D eigenvalue weighted by atomic mass is 19.4. The lowest BCUT2D eigenvalue weighted by atomic mass is 10.2. The van der Waals surface area contributed by atoms with Gasteiger partial charge in [-0.05, 0) is 6.92 Å². The number of carbonyl (C=O) groups excluding carboxylic acids is 1. The van der Waals surface area contributed by atoms with E-state index in [0.717, 1.165) is 0 Å². The van der Waals surface area contributed by atoms with Gasteiger partial charge in [0.15, 0.2) is 5.69 Å². The maximum Gasteiger partial charge on any atom is 0.408 e. The summed E-state index contributed by atoms with van der Waals surface area (Å²) in [5.74, 6) is -2.15. The van der Waals surface area contributed by atoms with E-state index in [2.05, 4.69) is 9.84 Å². The monoisotopic (exact) mass is 287 g/mol. The van der Waals surface area contributed by atoms with E-state index < -0.39 is 42.2 Å². The molecule has 0 radical (unpaired) electrons. The zero-order valence-corrected chi connectivity index (χ0v) is 9.67. The van der Waals surface area contributed by atoms with E-state index in [-0.39, 0.29) is 11.3 Å². The van der Waals surface area contributed by atoms with Crippen LogP contribution in [0, 0.1) is 0 Å². The van der Waals surface area contributed by atoms with Crippen LogP contribution in [0.15, 0.2) is 0 Å². The normalized spacial score (nSPS) is 11.9. The summed E-state index contributed by atoms with van der Waals surface area (Å²) >= 11 is 0. The van der Waals surface area contributed by atoms with Gasteiger partial charge in [-0.2, -0.15) is 18.3 Å². The predicted molar refractivity (Wildman–Crippen MR) is 53.6 cm³/mol. The van der Waals surface area contributed by atoms with E-state index in [1.165, 1.54) is 6.92 Å². The topological polar surface area (TPSA) is 70.1 Å². The molecule has 0 spiro atoms. The third-order valence-corrected chi connectivity index (χ3v) is 2.05. The maximum absolute atomic E-state index is 12.7. The van der Waals surface area contributed by atoms with Crippen LogP contribution >= 0.6 is 0 Å². The fraction of sp³-hybridized carbons (Fsp3) is 0.556. The van der Waals surface area contributed by atoms with Crippen LogP contribution in [0.25, 0.3) is 0 Å². The SMILES string of the molecule is CCOC(=O)c1nn(CC(F)(F)F)c(N)c1C(F)F. The first-order valence-electron chi connectivity index (χ1n) is 5.05. The largest absolute Gasteiger partial charge is 0.461 e. The molecule has 0 fully saturated rings. The molecule has 5 nitrogen and oxygen atoms in total. The van der Waals surface area contributed by atoms with Crippen molar-refractivity contribution >= 4 is 11.8 Å². The molecule has 108 valence electrons. The molecule has 0 unspecified atom stereocenters. The second-order valence-corrected chi connectivity index (χ2v) is 3.44. The summed E-state index contributed by atoms with van der Waals surface area (Å²) in [7, 11) is 0. The minimum atomic E-state index is -4.70. The number of ether oxygens (including phenoxy) is 1. The van der Waals surface area contributed by atoms with Crippen molar-refractivity contribution in [2.75, 3.05) is 12.3 Å². The number of alkyl halides is 5. The quantitative estimate of drug-likeness (QED) is 0.680. The van der Waals surface area contributed by atoms with Gasteiger partial charge in [-0.15, -0.1) is 0 Å². The fourth-order valence-electron chi connectivity index (χ4n) is 1.34. The zero-order valence-electron chi connectivity index (χ0n) is 9.67. The Morgan fingerprint density at radius 2 is 2.05 bits per heavy atom. The number of nitrogens with zero attached hydrogens (tertiary/aromatic N) is 2. The molecule has 1 aromatic heterocycles. The van der Waals surface area contributed by atoms with Gasteiger partial charge in [0, 0.05) is 0 Å². The van der Waals surface area contributed by atoms with E-state index >= 15 is 0 Å². The number of halogens is 5. The van der Waals surface area contributed by atoms with Gasteiger partial charge in [0.25, 0.3) is 6.43 Å². The summed E-state index contributed by atoms with van der Waals surface area (Å²) in [5.41, 5.74) is 3.20. The number of aromatic nitrogens is 2. The molecule has 0 amide bonds. The first kappa shape index (κ1) is 15.2. The van der Waals surface area contributed by atoms with E-state index in [0.29, 0.717) is 0 Å². The van der Waals surface area contributed by atoms with Gasteiger partial charge in [-0.1, -0.05) is 0 Å². The van der Waals surface area contributed by atoms with Crippen LogP contribution in [0.5, 0.6) is 0 Å².